The van der Waals surface area contributed by atoms with E-state index in [4.69, 9.17) is 0 Å². The van der Waals surface area contributed by atoms with E-state index in [9.17, 15) is 15.0 Å². The largest absolute Gasteiger partial charge is 0.481 e. The predicted molar refractivity (Wildman–Crippen MR) is 98.1 cm³/mol. The smallest absolute Gasteiger partial charge is 0.309 e. The van der Waals surface area contributed by atoms with Crippen molar-refractivity contribution in [2.45, 2.75) is 84.2 Å². The van der Waals surface area contributed by atoms with Crippen LogP contribution in [0.4, 0.5) is 0 Å². The fourth-order valence-corrected chi connectivity index (χ4v) is 8.29. The fraction of sp³-hybridized carbons (Fsp3) is 0.864. The maximum Gasteiger partial charge on any atom is 0.309 e. The Morgan fingerprint density at radius 2 is 1.92 bits per heavy atom. The van der Waals surface area contributed by atoms with Crippen LogP contribution in [0.1, 0.15) is 78.6 Å². The standard InChI is InChI=1S/C22H34O3/c1-5-8-21-10-6-9-19(3,18(23)24)15(21)7-11-22-13-14(2)20(4,25)16(22)12-17(21)22/h15-17,25H,2,5-13H2,1,3-4H3,(H,23,24)/t15-,16+,17+,19-,20?,21-,22?/m1/s1. The first kappa shape index (κ1) is 17.6. The topological polar surface area (TPSA) is 57.5 Å². The lowest BCUT2D eigenvalue weighted by atomic mass is 9.33. The number of hydrogen-bond acceptors (Lipinski definition) is 2. The molecule has 4 aliphatic rings. The predicted octanol–water partition coefficient (Wildman–Crippen LogP) is 4.79. The number of aliphatic carboxylic acids is 1. The van der Waals surface area contributed by atoms with Crippen molar-refractivity contribution in [2.24, 2.45) is 34.0 Å². The molecule has 25 heavy (non-hydrogen) atoms. The van der Waals surface area contributed by atoms with Crippen molar-refractivity contribution in [1.29, 1.82) is 0 Å². The van der Waals surface area contributed by atoms with Gasteiger partial charge in [0.05, 0.1) is 11.0 Å². The monoisotopic (exact) mass is 346 g/mol. The van der Waals surface area contributed by atoms with Crippen molar-refractivity contribution in [1.82, 2.24) is 0 Å². The highest BCUT2D eigenvalue weighted by molar-refractivity contribution is 5.75. The van der Waals surface area contributed by atoms with Gasteiger partial charge >= 0.3 is 5.97 Å². The molecular formula is C22H34O3. The Labute approximate surface area is 151 Å². The van der Waals surface area contributed by atoms with Crippen molar-refractivity contribution in [3.63, 3.8) is 0 Å². The summed E-state index contributed by atoms with van der Waals surface area (Å²) in [6.45, 7) is 10.4. The van der Waals surface area contributed by atoms with Crippen molar-refractivity contribution < 1.29 is 15.0 Å². The number of carboxylic acid groups (broad SMARTS) is 1. The molecule has 1 spiro atoms. The van der Waals surface area contributed by atoms with Gasteiger partial charge in [0.1, 0.15) is 0 Å². The lowest BCUT2D eigenvalue weighted by molar-refractivity contribution is -0.241. The summed E-state index contributed by atoms with van der Waals surface area (Å²) in [6, 6.07) is 0. The van der Waals surface area contributed by atoms with E-state index in [1.807, 2.05) is 13.8 Å². The summed E-state index contributed by atoms with van der Waals surface area (Å²) >= 11 is 0. The summed E-state index contributed by atoms with van der Waals surface area (Å²) in [5.41, 5.74) is 0.0835. The second kappa shape index (κ2) is 5.12. The Morgan fingerprint density at radius 3 is 2.52 bits per heavy atom. The van der Waals surface area contributed by atoms with E-state index >= 15 is 0 Å². The molecule has 4 saturated carbocycles. The van der Waals surface area contributed by atoms with Gasteiger partial charge in [-0.1, -0.05) is 26.3 Å². The Hall–Kier alpha value is -0.830. The molecule has 2 unspecified atom stereocenters. The molecule has 2 N–H and O–H groups in total. The van der Waals surface area contributed by atoms with Gasteiger partial charge in [0.25, 0.3) is 0 Å². The highest BCUT2D eigenvalue weighted by Crippen LogP contribution is 2.79. The van der Waals surface area contributed by atoms with Crippen LogP contribution in [0, 0.1) is 34.0 Å². The molecule has 7 atom stereocenters. The molecule has 4 rings (SSSR count). The summed E-state index contributed by atoms with van der Waals surface area (Å²) in [5, 5.41) is 21.0. The molecule has 140 valence electrons. The van der Waals surface area contributed by atoms with Gasteiger partial charge in [0, 0.05) is 0 Å². The normalized spacial score (nSPS) is 54.2. The second-order valence-corrected chi connectivity index (χ2v) is 10.2. The molecule has 3 heteroatoms. The zero-order valence-electron chi connectivity index (χ0n) is 16.1. The van der Waals surface area contributed by atoms with Gasteiger partial charge in [-0.25, -0.2) is 0 Å². The van der Waals surface area contributed by atoms with Crippen LogP contribution in [-0.2, 0) is 4.79 Å². The van der Waals surface area contributed by atoms with Crippen molar-refractivity contribution in [3.05, 3.63) is 12.2 Å². The number of carbonyl (C=O) groups is 1. The molecule has 0 saturated heterocycles. The van der Waals surface area contributed by atoms with E-state index in [2.05, 4.69) is 13.5 Å². The van der Waals surface area contributed by atoms with Crippen LogP contribution in [0.2, 0.25) is 0 Å². The van der Waals surface area contributed by atoms with E-state index in [0.29, 0.717) is 17.8 Å². The fourth-order valence-electron chi connectivity index (χ4n) is 8.29. The minimum Gasteiger partial charge on any atom is -0.481 e. The van der Waals surface area contributed by atoms with Crippen LogP contribution in [0.15, 0.2) is 12.2 Å². The molecule has 0 aromatic rings. The van der Waals surface area contributed by atoms with E-state index in [0.717, 1.165) is 56.9 Å². The van der Waals surface area contributed by atoms with Gasteiger partial charge in [-0.2, -0.15) is 0 Å². The first-order valence-electron chi connectivity index (χ1n) is 10.3. The summed E-state index contributed by atoms with van der Waals surface area (Å²) in [6.07, 6.45) is 9.43. The van der Waals surface area contributed by atoms with Gasteiger partial charge < -0.3 is 10.2 Å². The molecule has 0 radical (unpaired) electrons. The van der Waals surface area contributed by atoms with Crippen LogP contribution in [0.25, 0.3) is 0 Å². The molecular weight excluding hydrogens is 312 g/mol. The highest BCUT2D eigenvalue weighted by atomic mass is 16.4. The maximum atomic E-state index is 12.2. The lowest BCUT2D eigenvalue weighted by Gasteiger charge is -2.70. The van der Waals surface area contributed by atoms with Gasteiger partial charge in [-0.05, 0) is 93.0 Å². The minimum absolute atomic E-state index is 0.162. The molecule has 4 aliphatic carbocycles. The SMILES string of the molecule is C=C1CC23CC[C@H]4[C@@](CCC)(CCC[C@@]4(C)C(=O)O)[C@@H]2C[C@H]3C1(C)O. The zero-order chi connectivity index (χ0) is 18.3. The van der Waals surface area contributed by atoms with Gasteiger partial charge in [0.2, 0.25) is 0 Å². The third kappa shape index (κ3) is 1.89. The van der Waals surface area contributed by atoms with Crippen LogP contribution in [0.5, 0.6) is 0 Å². The number of rotatable bonds is 3. The van der Waals surface area contributed by atoms with Gasteiger partial charge in [-0.3, -0.25) is 4.79 Å². The molecule has 4 fully saturated rings. The van der Waals surface area contributed by atoms with E-state index < -0.39 is 17.0 Å². The average Bonchev–Trinajstić information content (AvgIpc) is 2.63. The van der Waals surface area contributed by atoms with E-state index in [-0.39, 0.29) is 10.8 Å². The van der Waals surface area contributed by atoms with E-state index in [1.54, 1.807) is 0 Å². The number of carboxylic acids is 1. The summed E-state index contributed by atoms with van der Waals surface area (Å²) in [5.74, 6) is 0.618. The molecule has 0 aromatic heterocycles. The minimum atomic E-state index is -0.721. The molecule has 0 aromatic carbocycles. The van der Waals surface area contributed by atoms with Crippen LogP contribution in [0.3, 0.4) is 0 Å². The Bertz CT molecular complexity index is 619. The van der Waals surface area contributed by atoms with Crippen molar-refractivity contribution in [3.8, 4) is 0 Å². The van der Waals surface area contributed by atoms with Gasteiger partial charge in [-0.15, -0.1) is 0 Å². The van der Waals surface area contributed by atoms with E-state index in [1.165, 1.54) is 6.42 Å². The zero-order valence-corrected chi connectivity index (χ0v) is 16.1. The second-order valence-electron chi connectivity index (χ2n) is 10.2. The average molecular weight is 347 g/mol. The van der Waals surface area contributed by atoms with Crippen LogP contribution in [-0.4, -0.2) is 21.8 Å². The number of aliphatic hydroxyl groups is 1. The van der Waals surface area contributed by atoms with Crippen molar-refractivity contribution in [2.75, 3.05) is 0 Å². The third-order valence-electron chi connectivity index (χ3n) is 9.39. The third-order valence-corrected chi connectivity index (χ3v) is 9.39. The quantitative estimate of drug-likeness (QED) is 0.722. The molecule has 0 amide bonds. The number of hydrogen-bond donors (Lipinski definition) is 2. The first-order valence-corrected chi connectivity index (χ1v) is 10.3. The van der Waals surface area contributed by atoms with Gasteiger partial charge in [0.15, 0.2) is 0 Å². The van der Waals surface area contributed by atoms with Crippen LogP contribution >= 0.6 is 0 Å². The maximum absolute atomic E-state index is 12.2. The molecule has 3 nitrogen and oxygen atoms in total. The summed E-state index contributed by atoms with van der Waals surface area (Å²) in [7, 11) is 0. The molecule has 0 aliphatic heterocycles. The number of fused-ring (bicyclic) bond motifs is 2. The lowest BCUT2D eigenvalue weighted by Crippen LogP contribution is -2.66. The Kier molecular flexibility index (Phi) is 3.60. The Morgan fingerprint density at radius 1 is 1.20 bits per heavy atom. The first-order chi connectivity index (χ1) is 11.6. The summed E-state index contributed by atoms with van der Waals surface area (Å²) < 4.78 is 0. The van der Waals surface area contributed by atoms with Crippen molar-refractivity contribution >= 4 is 5.97 Å². The summed E-state index contributed by atoms with van der Waals surface area (Å²) in [4.78, 5) is 12.2. The molecule has 0 heterocycles. The van der Waals surface area contributed by atoms with Crippen LogP contribution < -0.4 is 0 Å². The Balaban J connectivity index is 1.77. The molecule has 0 bridgehead atoms. The highest BCUT2D eigenvalue weighted by Gasteiger charge is 2.74.